The molecule has 1 aliphatic heterocycles. The largest absolute Gasteiger partial charge is 0.487 e. The summed E-state index contributed by atoms with van der Waals surface area (Å²) in [5, 5.41) is 9.17. The maximum Gasteiger partial charge on any atom is 0.305 e. The summed E-state index contributed by atoms with van der Waals surface area (Å²) >= 11 is 0. The molecule has 3 aromatic carbocycles. The van der Waals surface area contributed by atoms with Crippen molar-refractivity contribution in [3.8, 4) is 5.75 Å². The Labute approximate surface area is 217 Å². The zero-order valence-electron chi connectivity index (χ0n) is 21.9. The van der Waals surface area contributed by atoms with Gasteiger partial charge in [0.05, 0.1) is 6.42 Å². The third-order valence-electron chi connectivity index (χ3n) is 6.77. The molecule has 3 aromatic rings. The number of rotatable bonds is 8. The lowest BCUT2D eigenvalue weighted by Gasteiger charge is -2.25. The van der Waals surface area contributed by atoms with Crippen LogP contribution in [0.5, 0.6) is 5.75 Å². The molecule has 1 aliphatic rings. The number of carbonyl (C=O) groups is 2. The van der Waals surface area contributed by atoms with E-state index in [-0.39, 0.29) is 30.8 Å². The number of benzene rings is 3. The third-order valence-corrected chi connectivity index (χ3v) is 6.77. The van der Waals surface area contributed by atoms with Gasteiger partial charge in [0.15, 0.2) is 0 Å². The first-order valence-electron chi connectivity index (χ1n) is 12.6. The number of carbonyl (C=O) groups excluding carboxylic acids is 1. The Morgan fingerprint density at radius 3 is 2.41 bits per heavy atom. The molecule has 4 rings (SSSR count). The molecule has 1 amide bonds. The van der Waals surface area contributed by atoms with Crippen LogP contribution in [0.4, 0.5) is 4.39 Å². The van der Waals surface area contributed by atoms with E-state index < -0.39 is 17.4 Å². The number of carboxylic acids is 1. The van der Waals surface area contributed by atoms with Gasteiger partial charge in [-0.15, -0.1) is 0 Å². The highest BCUT2D eigenvalue weighted by Gasteiger charge is 2.35. The second kappa shape index (κ2) is 10.4. The first-order valence-corrected chi connectivity index (χ1v) is 12.6. The van der Waals surface area contributed by atoms with Crippen LogP contribution in [0, 0.1) is 5.82 Å². The smallest absolute Gasteiger partial charge is 0.305 e. The maximum atomic E-state index is 13.7. The van der Waals surface area contributed by atoms with Crippen LogP contribution in [0.25, 0.3) is 0 Å². The Kier molecular flexibility index (Phi) is 7.39. The van der Waals surface area contributed by atoms with Crippen molar-refractivity contribution in [2.24, 2.45) is 0 Å². The minimum Gasteiger partial charge on any atom is -0.487 e. The molecule has 0 spiro atoms. The van der Waals surface area contributed by atoms with E-state index in [1.54, 1.807) is 18.2 Å². The molecule has 194 valence electrons. The molecule has 0 radical (unpaired) electrons. The quantitative estimate of drug-likeness (QED) is 0.399. The second-order valence-electron chi connectivity index (χ2n) is 11.2. The summed E-state index contributed by atoms with van der Waals surface area (Å²) in [5.41, 5.74) is 4.15. The molecular formula is C31H34FNO4. The first-order chi connectivity index (χ1) is 17.4. The zero-order chi connectivity index (χ0) is 26.8. The molecule has 1 heterocycles. The molecule has 1 atom stereocenters. The summed E-state index contributed by atoms with van der Waals surface area (Å²) < 4.78 is 20.0. The predicted octanol–water partition coefficient (Wildman–Crippen LogP) is 6.18. The van der Waals surface area contributed by atoms with Crippen molar-refractivity contribution in [3.63, 3.8) is 0 Å². The van der Waals surface area contributed by atoms with Gasteiger partial charge < -0.3 is 14.7 Å². The van der Waals surface area contributed by atoms with E-state index in [1.807, 2.05) is 12.1 Å². The average molecular weight is 504 g/mol. The van der Waals surface area contributed by atoms with Crippen LogP contribution in [0.1, 0.15) is 66.7 Å². The first kappa shape index (κ1) is 26.4. The predicted molar refractivity (Wildman–Crippen MR) is 141 cm³/mol. The molecule has 0 aliphatic carbocycles. The summed E-state index contributed by atoms with van der Waals surface area (Å²) in [6, 6.07) is 20.0. The minimum absolute atomic E-state index is 0.0283. The van der Waals surface area contributed by atoms with Crippen molar-refractivity contribution in [2.75, 3.05) is 6.54 Å². The number of amides is 1. The molecule has 1 N–H and O–H groups in total. The summed E-state index contributed by atoms with van der Waals surface area (Å²) in [6.07, 6.45) is 1.20. The van der Waals surface area contributed by atoms with Gasteiger partial charge in [0.2, 0.25) is 0 Å². The Morgan fingerprint density at radius 2 is 1.76 bits per heavy atom. The fourth-order valence-corrected chi connectivity index (χ4v) is 4.83. The Bertz CT molecular complexity index is 1300. The van der Waals surface area contributed by atoms with Gasteiger partial charge in [-0.3, -0.25) is 9.59 Å². The fourth-order valence-electron chi connectivity index (χ4n) is 4.83. The SMILES string of the molecule is CC(C)(C)c1ccc(C[C@@]2(C)Cc3cc(C(=O)N(CCC(=O)O)Cc4cccc(F)c4)ccc3O2)cc1. The van der Waals surface area contributed by atoms with Crippen molar-refractivity contribution in [3.05, 3.63) is 100 Å². The number of fused-ring (bicyclic) bond motifs is 1. The minimum atomic E-state index is -0.995. The Hall–Kier alpha value is -3.67. The third kappa shape index (κ3) is 6.56. The van der Waals surface area contributed by atoms with Crippen LogP contribution in [-0.4, -0.2) is 34.0 Å². The van der Waals surface area contributed by atoms with Crippen LogP contribution >= 0.6 is 0 Å². The maximum absolute atomic E-state index is 13.7. The lowest BCUT2D eigenvalue weighted by Crippen LogP contribution is -2.33. The van der Waals surface area contributed by atoms with Gasteiger partial charge in [-0.25, -0.2) is 4.39 Å². The summed E-state index contributed by atoms with van der Waals surface area (Å²) in [5.74, 6) is -0.928. The lowest BCUT2D eigenvalue weighted by atomic mass is 9.85. The van der Waals surface area contributed by atoms with Gasteiger partial charge in [-0.05, 0) is 64.9 Å². The second-order valence-corrected chi connectivity index (χ2v) is 11.2. The average Bonchev–Trinajstić information content (AvgIpc) is 3.15. The molecular weight excluding hydrogens is 469 g/mol. The van der Waals surface area contributed by atoms with Crippen molar-refractivity contribution in [1.82, 2.24) is 4.90 Å². The van der Waals surface area contributed by atoms with Crippen molar-refractivity contribution >= 4 is 11.9 Å². The summed E-state index contributed by atoms with van der Waals surface area (Å²) in [7, 11) is 0. The van der Waals surface area contributed by atoms with E-state index in [9.17, 15) is 19.1 Å². The van der Waals surface area contributed by atoms with E-state index >= 15 is 0 Å². The van der Waals surface area contributed by atoms with Crippen LogP contribution in [0.3, 0.4) is 0 Å². The number of aliphatic carboxylic acids is 1. The number of ether oxygens (including phenoxy) is 1. The Morgan fingerprint density at radius 1 is 1.03 bits per heavy atom. The molecule has 0 saturated carbocycles. The topological polar surface area (TPSA) is 66.8 Å². The van der Waals surface area contributed by atoms with Gasteiger partial charge >= 0.3 is 5.97 Å². The van der Waals surface area contributed by atoms with E-state index in [0.29, 0.717) is 17.5 Å². The highest BCUT2D eigenvalue weighted by Crippen LogP contribution is 2.38. The molecule has 5 nitrogen and oxygen atoms in total. The van der Waals surface area contributed by atoms with Crippen molar-refractivity contribution in [2.45, 2.75) is 64.5 Å². The highest BCUT2D eigenvalue weighted by atomic mass is 19.1. The number of hydrogen-bond acceptors (Lipinski definition) is 3. The van der Waals surface area contributed by atoms with Gasteiger partial charge in [0.25, 0.3) is 5.91 Å². The van der Waals surface area contributed by atoms with Gasteiger partial charge in [-0.2, -0.15) is 0 Å². The van der Waals surface area contributed by atoms with Gasteiger partial charge in [-0.1, -0.05) is 57.2 Å². The van der Waals surface area contributed by atoms with Gasteiger partial charge in [0, 0.05) is 31.5 Å². The highest BCUT2D eigenvalue weighted by molar-refractivity contribution is 5.95. The standard InChI is InChI=1S/C31H34FNO4/c1-30(2,3)25-11-8-21(9-12-25)18-31(4)19-24-17-23(10-13-27(24)37-31)29(36)33(15-14-28(34)35)20-22-6-5-7-26(32)16-22/h5-13,16-17H,14-15,18-20H2,1-4H3,(H,34,35)/t31-/m0/s1. The van der Waals surface area contributed by atoms with Crippen LogP contribution in [-0.2, 0) is 29.6 Å². The molecule has 6 heteroatoms. The van der Waals surface area contributed by atoms with E-state index in [0.717, 1.165) is 17.7 Å². The Balaban J connectivity index is 1.50. The normalized spacial score (nSPS) is 16.7. The summed E-state index contributed by atoms with van der Waals surface area (Å²) in [4.78, 5) is 26.1. The van der Waals surface area contributed by atoms with Gasteiger partial charge in [0.1, 0.15) is 17.2 Å². The number of halogens is 1. The zero-order valence-corrected chi connectivity index (χ0v) is 21.9. The fraction of sp³-hybridized carbons (Fsp3) is 0.355. The van der Waals surface area contributed by atoms with Crippen molar-refractivity contribution in [1.29, 1.82) is 0 Å². The molecule has 0 bridgehead atoms. The monoisotopic (exact) mass is 503 g/mol. The molecule has 0 aromatic heterocycles. The number of carboxylic acid groups (broad SMARTS) is 1. The number of hydrogen-bond donors (Lipinski definition) is 1. The van der Waals surface area contributed by atoms with Crippen LogP contribution in [0.2, 0.25) is 0 Å². The molecule has 37 heavy (non-hydrogen) atoms. The van der Waals surface area contributed by atoms with E-state index in [1.165, 1.54) is 28.2 Å². The molecule has 0 fully saturated rings. The van der Waals surface area contributed by atoms with E-state index in [2.05, 4.69) is 52.0 Å². The van der Waals surface area contributed by atoms with Crippen LogP contribution in [0.15, 0.2) is 66.7 Å². The van der Waals surface area contributed by atoms with Crippen molar-refractivity contribution < 1.29 is 23.8 Å². The van der Waals surface area contributed by atoms with Crippen LogP contribution < -0.4 is 4.74 Å². The molecule has 0 saturated heterocycles. The lowest BCUT2D eigenvalue weighted by molar-refractivity contribution is -0.137. The summed E-state index contributed by atoms with van der Waals surface area (Å²) in [6.45, 7) is 8.81. The van der Waals surface area contributed by atoms with E-state index in [4.69, 9.17) is 4.74 Å². The molecule has 0 unspecified atom stereocenters. The number of nitrogens with zero attached hydrogens (tertiary/aromatic N) is 1.